The van der Waals surface area contributed by atoms with E-state index in [4.69, 9.17) is 0 Å². The van der Waals surface area contributed by atoms with Gasteiger partial charge in [-0.05, 0) is 43.4 Å². The molecule has 0 saturated heterocycles. The number of nitrogens with zero attached hydrogens (tertiary/aromatic N) is 2. The molecule has 2 aliphatic rings. The van der Waals surface area contributed by atoms with E-state index in [1.165, 1.54) is 24.2 Å². The fraction of sp³-hybridized carbons (Fsp3) is 0.800. The Labute approximate surface area is 77.9 Å². The molecule has 1 saturated carbocycles. The topological polar surface area (TPSA) is 41.6 Å². The number of aryl methyl sites for hydroxylation is 2. The fourth-order valence-electron chi connectivity index (χ4n) is 2.88. The van der Waals surface area contributed by atoms with Crippen LogP contribution in [0.2, 0.25) is 0 Å². The Bertz CT molecular complexity index is 289. The molecule has 70 valence electrons. The lowest BCUT2D eigenvalue weighted by molar-refractivity contribution is 0.579. The minimum Gasteiger partial charge on any atom is -0.262 e. The molecule has 3 rings (SSSR count). The monoisotopic (exact) mass is 177 g/mol. The molecule has 1 heterocycles. The highest BCUT2D eigenvalue weighted by atomic mass is 15.3. The fourth-order valence-corrected chi connectivity index (χ4v) is 2.88. The van der Waals surface area contributed by atoms with E-state index in [9.17, 15) is 0 Å². The predicted molar refractivity (Wildman–Crippen MR) is 49.2 cm³/mol. The largest absolute Gasteiger partial charge is 0.262 e. The standard InChI is InChI=1S/C10H15N3/c1-6-7-2-4-9-10(12-13-11-9)5-3-8(6)7/h6-8H,2-5H2,1H3,(H,11,12,13)/t6-,7+,8-. The molecule has 2 aliphatic carbocycles. The molecular formula is C10H15N3. The van der Waals surface area contributed by atoms with Crippen LogP contribution in [0.15, 0.2) is 0 Å². The van der Waals surface area contributed by atoms with Crippen molar-refractivity contribution in [1.82, 2.24) is 15.4 Å². The Morgan fingerprint density at radius 1 is 1.23 bits per heavy atom. The molecule has 3 nitrogen and oxygen atoms in total. The van der Waals surface area contributed by atoms with Crippen LogP contribution in [-0.2, 0) is 12.8 Å². The average molecular weight is 177 g/mol. The van der Waals surface area contributed by atoms with Crippen LogP contribution in [0, 0.1) is 17.8 Å². The summed E-state index contributed by atoms with van der Waals surface area (Å²) in [5, 5.41) is 11.0. The third-order valence-corrected chi connectivity index (χ3v) is 3.91. The van der Waals surface area contributed by atoms with Crippen LogP contribution in [0.25, 0.3) is 0 Å². The molecule has 1 fully saturated rings. The van der Waals surface area contributed by atoms with Crippen LogP contribution >= 0.6 is 0 Å². The van der Waals surface area contributed by atoms with Crippen LogP contribution in [0.3, 0.4) is 0 Å². The first-order valence-corrected chi connectivity index (χ1v) is 5.25. The van der Waals surface area contributed by atoms with Crippen molar-refractivity contribution in [3.8, 4) is 0 Å². The summed E-state index contributed by atoms with van der Waals surface area (Å²) in [6.45, 7) is 2.39. The zero-order valence-corrected chi connectivity index (χ0v) is 7.95. The van der Waals surface area contributed by atoms with Gasteiger partial charge >= 0.3 is 0 Å². The number of aromatic amines is 1. The Hall–Kier alpha value is -0.860. The summed E-state index contributed by atoms with van der Waals surface area (Å²) in [6, 6.07) is 0. The van der Waals surface area contributed by atoms with Gasteiger partial charge in [0.15, 0.2) is 0 Å². The van der Waals surface area contributed by atoms with Crippen molar-refractivity contribution in [1.29, 1.82) is 0 Å². The molecule has 0 bridgehead atoms. The van der Waals surface area contributed by atoms with Gasteiger partial charge in [0.25, 0.3) is 0 Å². The molecule has 0 amide bonds. The van der Waals surface area contributed by atoms with Gasteiger partial charge < -0.3 is 0 Å². The number of H-pyrrole nitrogens is 1. The zero-order chi connectivity index (χ0) is 8.84. The minimum atomic E-state index is 0.969. The van der Waals surface area contributed by atoms with E-state index in [2.05, 4.69) is 22.3 Å². The first kappa shape index (κ1) is 7.54. The van der Waals surface area contributed by atoms with Crippen LogP contribution in [0.1, 0.15) is 31.2 Å². The summed E-state index contributed by atoms with van der Waals surface area (Å²) in [5.41, 5.74) is 2.51. The van der Waals surface area contributed by atoms with E-state index < -0.39 is 0 Å². The van der Waals surface area contributed by atoms with E-state index in [0.717, 1.165) is 30.6 Å². The number of rotatable bonds is 0. The van der Waals surface area contributed by atoms with E-state index in [1.54, 1.807) is 0 Å². The molecule has 1 aromatic rings. The van der Waals surface area contributed by atoms with Crippen molar-refractivity contribution < 1.29 is 0 Å². The van der Waals surface area contributed by atoms with Crippen molar-refractivity contribution in [2.24, 2.45) is 17.8 Å². The summed E-state index contributed by atoms with van der Waals surface area (Å²) in [7, 11) is 0. The second kappa shape index (κ2) is 2.56. The summed E-state index contributed by atoms with van der Waals surface area (Å²) >= 11 is 0. The molecule has 0 radical (unpaired) electrons. The normalized spacial score (nSPS) is 37.2. The molecule has 0 unspecified atom stereocenters. The van der Waals surface area contributed by atoms with Crippen LogP contribution < -0.4 is 0 Å². The quantitative estimate of drug-likeness (QED) is 0.653. The van der Waals surface area contributed by atoms with Gasteiger partial charge in [0.1, 0.15) is 0 Å². The van der Waals surface area contributed by atoms with Crippen LogP contribution in [0.4, 0.5) is 0 Å². The summed E-state index contributed by atoms with van der Waals surface area (Å²) in [5.74, 6) is 2.96. The maximum Gasteiger partial charge on any atom is 0.0856 e. The van der Waals surface area contributed by atoms with E-state index in [1.807, 2.05) is 0 Å². The van der Waals surface area contributed by atoms with E-state index >= 15 is 0 Å². The molecule has 3 atom stereocenters. The highest BCUT2D eigenvalue weighted by Crippen LogP contribution is 2.52. The van der Waals surface area contributed by atoms with Crippen LogP contribution in [0.5, 0.6) is 0 Å². The van der Waals surface area contributed by atoms with Gasteiger partial charge in [-0.3, -0.25) is 5.10 Å². The highest BCUT2D eigenvalue weighted by Gasteiger charge is 2.46. The first-order valence-electron chi connectivity index (χ1n) is 5.25. The highest BCUT2D eigenvalue weighted by molar-refractivity contribution is 5.13. The smallest absolute Gasteiger partial charge is 0.0856 e. The number of nitrogens with one attached hydrogen (secondary N) is 1. The lowest BCUT2D eigenvalue weighted by atomic mass is 10.0. The summed E-state index contributed by atoms with van der Waals surface area (Å²) < 4.78 is 0. The summed E-state index contributed by atoms with van der Waals surface area (Å²) in [4.78, 5) is 0. The molecule has 0 aromatic carbocycles. The van der Waals surface area contributed by atoms with Gasteiger partial charge in [0.2, 0.25) is 0 Å². The van der Waals surface area contributed by atoms with Crippen molar-refractivity contribution in [3.05, 3.63) is 11.4 Å². The van der Waals surface area contributed by atoms with Crippen molar-refractivity contribution in [2.45, 2.75) is 32.6 Å². The third kappa shape index (κ3) is 1.10. The van der Waals surface area contributed by atoms with Gasteiger partial charge in [-0.25, -0.2) is 0 Å². The lowest BCUT2D eigenvalue weighted by Gasteiger charge is -2.05. The SMILES string of the molecule is C[C@H]1[C@H]2CCc3nn[nH]c3CC[C@@H]12. The molecule has 0 spiro atoms. The zero-order valence-electron chi connectivity index (χ0n) is 7.95. The van der Waals surface area contributed by atoms with Gasteiger partial charge in [0.05, 0.1) is 11.4 Å². The van der Waals surface area contributed by atoms with Crippen molar-refractivity contribution in [2.75, 3.05) is 0 Å². The maximum atomic E-state index is 4.13. The van der Waals surface area contributed by atoms with Gasteiger partial charge in [-0.15, -0.1) is 5.10 Å². The molecular weight excluding hydrogens is 162 g/mol. The first-order chi connectivity index (χ1) is 6.36. The van der Waals surface area contributed by atoms with Gasteiger partial charge in [0, 0.05) is 0 Å². The molecule has 13 heavy (non-hydrogen) atoms. The van der Waals surface area contributed by atoms with E-state index in [0.29, 0.717) is 0 Å². The maximum absolute atomic E-state index is 4.13. The summed E-state index contributed by atoms with van der Waals surface area (Å²) in [6.07, 6.45) is 4.96. The van der Waals surface area contributed by atoms with Gasteiger partial charge in [-0.1, -0.05) is 12.1 Å². The number of aromatic nitrogens is 3. The second-order valence-electron chi connectivity index (χ2n) is 4.50. The van der Waals surface area contributed by atoms with Crippen molar-refractivity contribution >= 4 is 0 Å². The Morgan fingerprint density at radius 2 is 2.00 bits per heavy atom. The third-order valence-electron chi connectivity index (χ3n) is 3.91. The number of fused-ring (bicyclic) bond motifs is 2. The van der Waals surface area contributed by atoms with Crippen molar-refractivity contribution in [3.63, 3.8) is 0 Å². The van der Waals surface area contributed by atoms with Crippen LogP contribution in [-0.4, -0.2) is 15.4 Å². The lowest BCUT2D eigenvalue weighted by Crippen LogP contribution is -2.00. The number of hydrogen-bond donors (Lipinski definition) is 1. The Balaban J connectivity index is 1.83. The minimum absolute atomic E-state index is 0.969. The Kier molecular flexibility index (Phi) is 1.49. The predicted octanol–water partition coefficient (Wildman–Crippen LogP) is 1.57. The van der Waals surface area contributed by atoms with E-state index in [-0.39, 0.29) is 0 Å². The number of hydrogen-bond acceptors (Lipinski definition) is 2. The Morgan fingerprint density at radius 3 is 2.85 bits per heavy atom. The second-order valence-corrected chi connectivity index (χ2v) is 4.50. The molecule has 1 aromatic heterocycles. The average Bonchev–Trinajstić information content (AvgIpc) is 2.55. The molecule has 0 aliphatic heterocycles. The molecule has 1 N–H and O–H groups in total. The van der Waals surface area contributed by atoms with Gasteiger partial charge in [-0.2, -0.15) is 0 Å². The molecule has 3 heteroatoms.